The van der Waals surface area contributed by atoms with Gasteiger partial charge in [0.05, 0.1) is 30.7 Å². The average Bonchev–Trinajstić information content (AvgIpc) is 4.23. The first-order valence-corrected chi connectivity index (χ1v) is 25.0. The molecule has 15 nitrogen and oxygen atoms in total. The zero-order chi connectivity index (χ0) is 46.7. The van der Waals surface area contributed by atoms with Gasteiger partial charge in [-0.15, -0.1) is 0 Å². The molecule has 1 saturated heterocycles. The van der Waals surface area contributed by atoms with Crippen LogP contribution in [0.2, 0.25) is 0 Å². The van der Waals surface area contributed by atoms with E-state index in [2.05, 4.69) is 22.3 Å². The summed E-state index contributed by atoms with van der Waals surface area (Å²) in [7, 11) is -2.58. The van der Waals surface area contributed by atoms with E-state index in [1.54, 1.807) is 12.1 Å². The number of halogens is 1. The lowest BCUT2D eigenvalue weighted by molar-refractivity contribution is -0.142. The Morgan fingerprint density at radius 2 is 1.71 bits per heavy atom. The van der Waals surface area contributed by atoms with Crippen LogP contribution in [0, 0.1) is 35.4 Å². The van der Waals surface area contributed by atoms with Gasteiger partial charge >= 0.3 is 6.09 Å². The molecular weight excluding hydrogens is 870 g/mol. The molecular formula is C49H60FN5O10S. The molecule has 4 saturated carbocycles. The minimum Gasteiger partial charge on any atom is -0.494 e. The molecule has 0 spiro atoms. The number of hydrogen-bond acceptors (Lipinski definition) is 11. The minimum atomic E-state index is -3.96. The second kappa shape index (κ2) is 18.0. The zero-order valence-corrected chi connectivity index (χ0v) is 38.9. The van der Waals surface area contributed by atoms with Gasteiger partial charge in [-0.2, -0.15) is 0 Å². The van der Waals surface area contributed by atoms with Gasteiger partial charge in [0.1, 0.15) is 35.6 Å². The van der Waals surface area contributed by atoms with Crippen molar-refractivity contribution in [2.45, 2.75) is 133 Å². The molecule has 10 atom stereocenters. The number of allylic oxidation sites excluding steroid dienone is 1. The van der Waals surface area contributed by atoms with E-state index in [9.17, 15) is 22.8 Å². The predicted octanol–water partition coefficient (Wildman–Crippen LogP) is 6.57. The fourth-order valence-corrected chi connectivity index (χ4v) is 11.7. The Kier molecular flexibility index (Phi) is 12.4. The van der Waals surface area contributed by atoms with Crippen LogP contribution >= 0.6 is 0 Å². The quantitative estimate of drug-likeness (QED) is 0.176. The average molecular weight is 930 g/mol. The summed E-state index contributed by atoms with van der Waals surface area (Å²) < 4.78 is 67.5. The van der Waals surface area contributed by atoms with Gasteiger partial charge < -0.3 is 34.5 Å². The third-order valence-corrected chi connectivity index (χ3v) is 16.1. The number of benzene rings is 2. The van der Waals surface area contributed by atoms with Crippen LogP contribution < -0.4 is 29.6 Å². The molecule has 2 aromatic carbocycles. The Balaban J connectivity index is 1.06. The summed E-state index contributed by atoms with van der Waals surface area (Å²) in [5.74, 6) is -1.57. The maximum absolute atomic E-state index is 15.5. The van der Waals surface area contributed by atoms with Crippen molar-refractivity contribution in [3.63, 3.8) is 0 Å². The Bertz CT molecular complexity index is 2520. The largest absolute Gasteiger partial charge is 0.494 e. The van der Waals surface area contributed by atoms with Gasteiger partial charge in [0.25, 0.3) is 5.91 Å². The van der Waals surface area contributed by atoms with Crippen molar-refractivity contribution in [2.24, 2.45) is 29.6 Å². The van der Waals surface area contributed by atoms with Crippen molar-refractivity contribution in [1.82, 2.24) is 25.2 Å². The van der Waals surface area contributed by atoms with Crippen LogP contribution in [0.25, 0.3) is 22.0 Å². The third-order valence-electron chi connectivity index (χ3n) is 14.2. The number of carbonyl (C=O) groups is 4. The standard InChI is InChI=1S/C49H60FN5O10S/c1-26(2)63-34-12-10-29(11-13-34)40-20-32-21-42(62-5)39(50)23-38(32)45(51-40)64-36-22-41-44(56)53-49(47(58)54-66(60,61)37-14-15-37)24-33(49)9-7-6-8-27(3)16-28(4)43(46(57)55(41)25-36)52-48(59)65-35-18-30-17-31(30)19-35/h7,9-13,20-21,23,26-28,30-31,33,35-37,41,43H,6,8,14-19,22,24-25H2,1-5H3,(H,52,59)(H,53,56)(H,54,58)/b9-7-/t27-,28-,30-,31+,33-,35+,36-,41+,43+,49-/m1/s1. The predicted molar refractivity (Wildman–Crippen MR) is 242 cm³/mol. The van der Waals surface area contributed by atoms with E-state index >= 15 is 9.18 Å². The Labute approximate surface area is 385 Å². The highest BCUT2D eigenvalue weighted by Crippen LogP contribution is 2.52. The van der Waals surface area contributed by atoms with Crippen LogP contribution in [-0.4, -0.2) is 97.0 Å². The lowest BCUT2D eigenvalue weighted by Crippen LogP contribution is -2.59. The number of sulfonamides is 1. The monoisotopic (exact) mass is 929 g/mol. The number of aromatic nitrogens is 1. The van der Waals surface area contributed by atoms with Gasteiger partial charge in [0.15, 0.2) is 11.6 Å². The van der Waals surface area contributed by atoms with Crippen molar-refractivity contribution in [2.75, 3.05) is 13.7 Å². The summed E-state index contributed by atoms with van der Waals surface area (Å²) >= 11 is 0. The van der Waals surface area contributed by atoms with Crippen LogP contribution in [0.3, 0.4) is 0 Å². The highest BCUT2D eigenvalue weighted by molar-refractivity contribution is 7.91. The SMILES string of the molecule is COc1cc2cc(-c3ccc(OC(C)C)cc3)nc(O[C@@H]3C[C@H]4C(=O)N[C@]5(C(=O)NS(=O)(=O)C6CC6)C[C@H]5/C=C\CC[C@@H](C)C[C@@H](C)[C@H](NC(=O)O[C@@H]5C[C@@H]6C[C@@H]6C5)C(=O)N4C3)c2cc1F. The Morgan fingerprint density at radius 3 is 2.41 bits per heavy atom. The molecule has 66 heavy (non-hydrogen) atoms. The molecule has 3 N–H and O–H groups in total. The van der Waals surface area contributed by atoms with Gasteiger partial charge in [-0.05, 0) is 143 Å². The second-order valence-corrected chi connectivity index (χ2v) is 21.8. The van der Waals surface area contributed by atoms with Gasteiger partial charge in [0, 0.05) is 23.3 Å². The number of nitrogens with zero attached hydrogens (tertiary/aromatic N) is 2. The highest BCUT2D eigenvalue weighted by atomic mass is 32.2. The Morgan fingerprint density at radius 1 is 0.970 bits per heavy atom. The third kappa shape index (κ3) is 9.68. The van der Waals surface area contributed by atoms with E-state index in [-0.39, 0.29) is 55.1 Å². The molecule has 0 bridgehead atoms. The van der Waals surface area contributed by atoms with Crippen LogP contribution in [0.5, 0.6) is 17.4 Å². The number of alkyl carbamates (subject to hydrolysis) is 1. The van der Waals surface area contributed by atoms with E-state index in [4.69, 9.17) is 23.9 Å². The maximum Gasteiger partial charge on any atom is 0.408 e. The van der Waals surface area contributed by atoms with Gasteiger partial charge in [-0.25, -0.2) is 22.6 Å². The van der Waals surface area contributed by atoms with E-state index in [0.29, 0.717) is 65.3 Å². The number of carbonyl (C=O) groups excluding carboxylic acids is 4. The molecule has 17 heteroatoms. The molecule has 4 amide bonds. The van der Waals surface area contributed by atoms with Crippen LogP contribution in [0.15, 0.2) is 54.6 Å². The number of fused-ring (bicyclic) bond motifs is 4. The molecule has 354 valence electrons. The first-order valence-electron chi connectivity index (χ1n) is 23.4. The molecule has 6 aliphatic rings. The first kappa shape index (κ1) is 45.7. The van der Waals surface area contributed by atoms with Crippen LogP contribution in [0.4, 0.5) is 9.18 Å². The van der Waals surface area contributed by atoms with Gasteiger partial charge in [-0.1, -0.05) is 26.0 Å². The normalized spacial score (nSPS) is 31.3. The number of rotatable bonds is 11. The van der Waals surface area contributed by atoms with Crippen molar-refractivity contribution in [3.05, 3.63) is 60.4 Å². The summed E-state index contributed by atoms with van der Waals surface area (Å²) in [6.07, 6.45) is 7.64. The fraction of sp³-hybridized carbons (Fsp3) is 0.571. The summed E-state index contributed by atoms with van der Waals surface area (Å²) in [4.78, 5) is 63.8. The van der Waals surface area contributed by atoms with Gasteiger partial charge in [-0.3, -0.25) is 19.1 Å². The van der Waals surface area contributed by atoms with E-state index < -0.39 is 74.5 Å². The molecule has 5 fully saturated rings. The van der Waals surface area contributed by atoms with E-state index in [1.165, 1.54) is 18.1 Å². The number of methoxy groups -OCH3 is 1. The molecule has 0 radical (unpaired) electrons. The lowest BCUT2D eigenvalue weighted by atomic mass is 9.88. The van der Waals surface area contributed by atoms with Crippen LogP contribution in [-0.2, 0) is 29.1 Å². The summed E-state index contributed by atoms with van der Waals surface area (Å²) in [5, 5.41) is 6.03. The number of pyridine rings is 1. The second-order valence-electron chi connectivity index (χ2n) is 19.8. The molecule has 2 aliphatic heterocycles. The molecule has 0 unspecified atom stereocenters. The molecule has 1 aromatic heterocycles. The highest BCUT2D eigenvalue weighted by Gasteiger charge is 2.62. The number of hydrogen-bond donors (Lipinski definition) is 3. The maximum atomic E-state index is 15.5. The topological polar surface area (TPSA) is 192 Å². The molecule has 9 rings (SSSR count). The van der Waals surface area contributed by atoms with E-state index in [1.807, 2.05) is 57.2 Å². The Hall–Kier alpha value is -5.45. The zero-order valence-electron chi connectivity index (χ0n) is 38.1. The smallest absolute Gasteiger partial charge is 0.408 e. The number of ether oxygens (including phenoxy) is 4. The first-order chi connectivity index (χ1) is 31.5. The van der Waals surface area contributed by atoms with Crippen LogP contribution in [0.1, 0.15) is 91.9 Å². The summed E-state index contributed by atoms with van der Waals surface area (Å²) in [6.45, 7) is 7.71. The molecule has 3 aromatic rings. The van der Waals surface area contributed by atoms with Crippen molar-refractivity contribution < 1.29 is 50.9 Å². The number of amides is 4. The van der Waals surface area contributed by atoms with Gasteiger partial charge in [0.2, 0.25) is 27.7 Å². The van der Waals surface area contributed by atoms with Crippen molar-refractivity contribution in [1.29, 1.82) is 0 Å². The number of nitrogens with one attached hydrogen (secondary N) is 3. The lowest BCUT2D eigenvalue weighted by Gasteiger charge is -2.33. The summed E-state index contributed by atoms with van der Waals surface area (Å²) in [6, 6.07) is 9.65. The fourth-order valence-electron chi connectivity index (χ4n) is 10.3. The minimum absolute atomic E-state index is 0.0154. The van der Waals surface area contributed by atoms with E-state index in [0.717, 1.165) is 25.7 Å². The van der Waals surface area contributed by atoms with Crippen molar-refractivity contribution >= 4 is 44.6 Å². The molecule has 3 heterocycles. The van der Waals surface area contributed by atoms with Crippen molar-refractivity contribution in [3.8, 4) is 28.6 Å². The summed E-state index contributed by atoms with van der Waals surface area (Å²) in [5.41, 5.74) is -0.366. The molecule has 4 aliphatic carbocycles.